The number of alkyl halides is 2. The molecule has 1 aliphatic rings. The fourth-order valence-corrected chi connectivity index (χ4v) is 4.11. The van der Waals surface area contributed by atoms with E-state index in [-0.39, 0.29) is 12.8 Å². The molecule has 1 aliphatic carbocycles. The van der Waals surface area contributed by atoms with Crippen LogP contribution in [0.15, 0.2) is 0 Å². The number of aliphatic carboxylic acids is 1. The van der Waals surface area contributed by atoms with E-state index < -0.39 is 45.5 Å². The van der Waals surface area contributed by atoms with Crippen LogP contribution in [0.1, 0.15) is 39.5 Å². The van der Waals surface area contributed by atoms with Crippen molar-refractivity contribution in [1.82, 2.24) is 4.72 Å². The van der Waals surface area contributed by atoms with E-state index in [1.807, 2.05) is 4.72 Å². The topological polar surface area (TPSA) is 83.5 Å². The fraction of sp³-hybridized carbons (Fsp3) is 0.917. The van der Waals surface area contributed by atoms with Crippen molar-refractivity contribution in [2.75, 3.05) is 5.75 Å². The Bertz CT molecular complexity index is 452. The SMILES string of the molecule is CC[C@H](C)[C@H](NS(=O)(=O)CC1CCCC1(F)F)C(=O)O. The average molecular weight is 313 g/mol. The maximum atomic E-state index is 13.5. The van der Waals surface area contributed by atoms with Crippen LogP contribution in [0.2, 0.25) is 0 Å². The molecule has 3 atom stereocenters. The second kappa shape index (κ2) is 6.34. The van der Waals surface area contributed by atoms with Gasteiger partial charge in [-0.2, -0.15) is 0 Å². The molecule has 1 fully saturated rings. The number of hydrogen-bond donors (Lipinski definition) is 2. The standard InChI is InChI=1S/C12H21F2NO4S/c1-3-8(2)10(11(16)17)15-20(18,19)7-9-5-4-6-12(9,13)14/h8-10,15H,3-7H2,1-2H3,(H,16,17)/t8-,9?,10-/m0/s1. The molecule has 2 N–H and O–H groups in total. The number of sulfonamides is 1. The van der Waals surface area contributed by atoms with Gasteiger partial charge in [0.25, 0.3) is 5.92 Å². The first-order valence-corrected chi connectivity index (χ1v) is 8.35. The zero-order valence-corrected chi connectivity index (χ0v) is 12.4. The van der Waals surface area contributed by atoms with Crippen molar-refractivity contribution >= 4 is 16.0 Å². The highest BCUT2D eigenvalue weighted by atomic mass is 32.2. The second-order valence-corrected chi connectivity index (χ2v) is 7.25. The molecule has 118 valence electrons. The number of carboxylic acid groups (broad SMARTS) is 1. The van der Waals surface area contributed by atoms with Gasteiger partial charge in [-0.3, -0.25) is 4.79 Å². The Morgan fingerprint density at radius 2 is 2.10 bits per heavy atom. The summed E-state index contributed by atoms with van der Waals surface area (Å²) in [6.45, 7) is 3.34. The Hall–Kier alpha value is -0.760. The Balaban J connectivity index is 2.76. The van der Waals surface area contributed by atoms with Gasteiger partial charge in [-0.05, 0) is 18.8 Å². The maximum absolute atomic E-state index is 13.5. The minimum Gasteiger partial charge on any atom is -0.480 e. The van der Waals surface area contributed by atoms with Crippen molar-refractivity contribution in [3.8, 4) is 0 Å². The number of nitrogens with one attached hydrogen (secondary N) is 1. The summed E-state index contributed by atoms with van der Waals surface area (Å²) in [6, 6.07) is -1.28. The van der Waals surface area contributed by atoms with Crippen LogP contribution in [0.25, 0.3) is 0 Å². The van der Waals surface area contributed by atoms with Crippen LogP contribution >= 0.6 is 0 Å². The number of rotatable bonds is 7. The van der Waals surface area contributed by atoms with Gasteiger partial charge < -0.3 is 5.11 Å². The zero-order chi connectivity index (χ0) is 15.6. The van der Waals surface area contributed by atoms with E-state index in [0.29, 0.717) is 12.8 Å². The first-order chi connectivity index (χ1) is 9.09. The van der Waals surface area contributed by atoms with Gasteiger partial charge in [0.1, 0.15) is 6.04 Å². The molecule has 0 spiro atoms. The van der Waals surface area contributed by atoms with Crippen LogP contribution in [0.4, 0.5) is 8.78 Å². The molecular weight excluding hydrogens is 292 g/mol. The molecule has 1 rings (SSSR count). The van der Waals surface area contributed by atoms with Gasteiger partial charge in [0.2, 0.25) is 10.0 Å². The Kier molecular flexibility index (Phi) is 5.48. The summed E-state index contributed by atoms with van der Waals surface area (Å²) < 4.78 is 52.8. The molecule has 0 heterocycles. The first kappa shape index (κ1) is 17.3. The normalized spacial score (nSPS) is 25.3. The van der Waals surface area contributed by atoms with E-state index in [0.717, 1.165) is 0 Å². The molecule has 1 saturated carbocycles. The molecule has 0 aromatic heterocycles. The van der Waals surface area contributed by atoms with Crippen LogP contribution in [0.5, 0.6) is 0 Å². The molecule has 5 nitrogen and oxygen atoms in total. The van der Waals surface area contributed by atoms with E-state index in [1.54, 1.807) is 13.8 Å². The van der Waals surface area contributed by atoms with E-state index >= 15 is 0 Å². The number of carbonyl (C=O) groups is 1. The van der Waals surface area contributed by atoms with Gasteiger partial charge in [0.15, 0.2) is 0 Å². The fourth-order valence-electron chi connectivity index (χ4n) is 2.36. The Morgan fingerprint density at radius 1 is 1.50 bits per heavy atom. The average Bonchev–Trinajstić information content (AvgIpc) is 2.64. The maximum Gasteiger partial charge on any atom is 0.322 e. The minimum atomic E-state index is -4.05. The molecule has 0 radical (unpaired) electrons. The number of halogens is 2. The lowest BCUT2D eigenvalue weighted by molar-refractivity contribution is -0.140. The molecule has 8 heteroatoms. The highest BCUT2D eigenvalue weighted by molar-refractivity contribution is 7.89. The van der Waals surface area contributed by atoms with Gasteiger partial charge in [0, 0.05) is 12.3 Å². The summed E-state index contributed by atoms with van der Waals surface area (Å²) in [4.78, 5) is 11.1. The lowest BCUT2D eigenvalue weighted by Crippen LogP contribution is -2.47. The molecule has 0 aromatic carbocycles. The van der Waals surface area contributed by atoms with Crippen molar-refractivity contribution in [2.24, 2.45) is 11.8 Å². The highest BCUT2D eigenvalue weighted by Gasteiger charge is 2.46. The van der Waals surface area contributed by atoms with Gasteiger partial charge in [0.05, 0.1) is 5.75 Å². The van der Waals surface area contributed by atoms with Crippen molar-refractivity contribution < 1.29 is 27.1 Å². The highest BCUT2D eigenvalue weighted by Crippen LogP contribution is 2.40. The van der Waals surface area contributed by atoms with Crippen molar-refractivity contribution in [1.29, 1.82) is 0 Å². The molecule has 0 aromatic rings. The predicted octanol–water partition coefficient (Wildman–Crippen LogP) is 1.84. The largest absolute Gasteiger partial charge is 0.480 e. The third kappa shape index (κ3) is 4.37. The van der Waals surface area contributed by atoms with Crippen LogP contribution < -0.4 is 4.72 Å². The lowest BCUT2D eigenvalue weighted by Gasteiger charge is -2.23. The van der Waals surface area contributed by atoms with Crippen LogP contribution in [-0.2, 0) is 14.8 Å². The summed E-state index contributed by atoms with van der Waals surface area (Å²) >= 11 is 0. The smallest absolute Gasteiger partial charge is 0.322 e. The number of carboxylic acids is 1. The summed E-state index contributed by atoms with van der Waals surface area (Å²) in [6.07, 6.45) is 0.607. The lowest BCUT2D eigenvalue weighted by atomic mass is 10.0. The molecule has 20 heavy (non-hydrogen) atoms. The molecule has 0 aliphatic heterocycles. The third-order valence-corrected chi connectivity index (χ3v) is 5.32. The second-order valence-electron chi connectivity index (χ2n) is 5.45. The third-order valence-electron chi connectivity index (χ3n) is 3.87. The first-order valence-electron chi connectivity index (χ1n) is 6.69. The Morgan fingerprint density at radius 3 is 2.50 bits per heavy atom. The molecular formula is C12H21F2NO4S. The molecule has 1 unspecified atom stereocenters. The van der Waals surface area contributed by atoms with Crippen LogP contribution in [-0.4, -0.2) is 37.2 Å². The quantitative estimate of drug-likeness (QED) is 0.751. The minimum absolute atomic E-state index is 0.148. The zero-order valence-electron chi connectivity index (χ0n) is 11.6. The van der Waals surface area contributed by atoms with E-state index in [1.165, 1.54) is 0 Å². The number of hydrogen-bond acceptors (Lipinski definition) is 3. The monoisotopic (exact) mass is 313 g/mol. The van der Waals surface area contributed by atoms with Gasteiger partial charge >= 0.3 is 5.97 Å². The summed E-state index contributed by atoms with van der Waals surface area (Å²) in [5, 5.41) is 9.03. The van der Waals surface area contributed by atoms with Crippen LogP contribution in [0.3, 0.4) is 0 Å². The Labute approximate surface area is 117 Å². The van der Waals surface area contributed by atoms with E-state index in [2.05, 4.69) is 0 Å². The van der Waals surface area contributed by atoms with E-state index in [9.17, 15) is 22.0 Å². The van der Waals surface area contributed by atoms with Crippen LogP contribution in [0, 0.1) is 11.8 Å². The summed E-state index contributed by atoms with van der Waals surface area (Å²) in [7, 11) is -4.05. The molecule has 0 amide bonds. The summed E-state index contributed by atoms with van der Waals surface area (Å²) in [5.74, 6) is -6.64. The predicted molar refractivity (Wildman–Crippen MR) is 70.1 cm³/mol. The van der Waals surface area contributed by atoms with Gasteiger partial charge in [-0.25, -0.2) is 21.9 Å². The van der Waals surface area contributed by atoms with Crippen molar-refractivity contribution in [3.63, 3.8) is 0 Å². The molecule has 0 bridgehead atoms. The summed E-state index contributed by atoms with van der Waals surface area (Å²) in [5.41, 5.74) is 0. The van der Waals surface area contributed by atoms with Crippen molar-refractivity contribution in [2.45, 2.75) is 51.5 Å². The van der Waals surface area contributed by atoms with E-state index in [4.69, 9.17) is 5.11 Å². The molecule has 0 saturated heterocycles. The van der Waals surface area contributed by atoms with Gasteiger partial charge in [-0.15, -0.1) is 0 Å². The van der Waals surface area contributed by atoms with Gasteiger partial charge in [-0.1, -0.05) is 20.3 Å². The van der Waals surface area contributed by atoms with Crippen molar-refractivity contribution in [3.05, 3.63) is 0 Å².